The molecule has 1 heterocycles. The molecule has 0 spiro atoms. The predicted molar refractivity (Wildman–Crippen MR) is 65.4 cm³/mol. The smallest absolute Gasteiger partial charge is 0.293 e. The molecule has 2 rings (SSSR count). The van der Waals surface area contributed by atoms with Gasteiger partial charge in [0.2, 0.25) is 0 Å². The average Bonchev–Trinajstić information content (AvgIpc) is 2.84. The number of halogens is 2. The normalized spacial score (nSPS) is 10.4. The van der Waals surface area contributed by atoms with E-state index in [2.05, 4.69) is 0 Å². The van der Waals surface area contributed by atoms with Crippen molar-refractivity contribution in [2.45, 2.75) is 6.42 Å². The van der Waals surface area contributed by atoms with Crippen molar-refractivity contribution in [1.82, 2.24) is 0 Å². The van der Waals surface area contributed by atoms with E-state index in [1.165, 1.54) is 24.3 Å². The van der Waals surface area contributed by atoms with Gasteiger partial charge in [-0.15, -0.1) is 0 Å². The van der Waals surface area contributed by atoms with Gasteiger partial charge in [-0.3, -0.25) is 14.9 Å². The average molecular weight is 283 g/mol. The fourth-order valence-electron chi connectivity index (χ4n) is 1.52. The van der Waals surface area contributed by atoms with Crippen molar-refractivity contribution in [3.8, 4) is 0 Å². The van der Waals surface area contributed by atoms with Crippen LogP contribution in [0.2, 0.25) is 0 Å². The molecule has 0 amide bonds. The van der Waals surface area contributed by atoms with Crippen LogP contribution in [0.25, 0.3) is 0 Å². The molecule has 2 aromatic rings. The van der Waals surface area contributed by atoms with Gasteiger partial charge >= 0.3 is 5.00 Å². The first kappa shape index (κ1) is 13.3. The van der Waals surface area contributed by atoms with E-state index in [1.54, 1.807) is 0 Å². The number of benzene rings is 1. The Balaban J connectivity index is 2.21. The third-order valence-corrected chi connectivity index (χ3v) is 3.51. The van der Waals surface area contributed by atoms with Crippen molar-refractivity contribution in [2.24, 2.45) is 0 Å². The van der Waals surface area contributed by atoms with Crippen molar-refractivity contribution in [2.75, 3.05) is 0 Å². The van der Waals surface area contributed by atoms with E-state index in [-0.39, 0.29) is 21.9 Å². The van der Waals surface area contributed by atoms with Crippen molar-refractivity contribution in [3.05, 3.63) is 62.5 Å². The highest BCUT2D eigenvalue weighted by molar-refractivity contribution is 7.17. The lowest BCUT2D eigenvalue weighted by Crippen LogP contribution is -2.04. The maximum absolute atomic E-state index is 13.4. The van der Waals surface area contributed by atoms with Crippen molar-refractivity contribution in [1.29, 1.82) is 0 Å². The molecule has 0 aliphatic rings. The second-order valence-electron chi connectivity index (χ2n) is 3.71. The van der Waals surface area contributed by atoms with Crippen LogP contribution in [0.4, 0.5) is 13.8 Å². The predicted octanol–water partition coefficient (Wildman–Crippen LogP) is 3.36. The summed E-state index contributed by atoms with van der Waals surface area (Å²) in [4.78, 5) is 21.8. The van der Waals surface area contributed by atoms with Gasteiger partial charge in [-0.1, -0.05) is 23.5 Å². The van der Waals surface area contributed by atoms with E-state index in [1.807, 2.05) is 0 Å². The molecule has 0 radical (unpaired) electrons. The van der Waals surface area contributed by atoms with Gasteiger partial charge in [0.15, 0.2) is 17.4 Å². The number of carbonyl (C=O) groups excluding carboxylic acids is 1. The molecule has 0 saturated heterocycles. The molecule has 0 unspecified atom stereocenters. The summed E-state index contributed by atoms with van der Waals surface area (Å²) in [7, 11) is 0. The van der Waals surface area contributed by atoms with E-state index in [0.717, 1.165) is 6.07 Å². The number of ketones is 1. The van der Waals surface area contributed by atoms with Crippen LogP contribution >= 0.6 is 11.3 Å². The summed E-state index contributed by atoms with van der Waals surface area (Å²) in [6, 6.07) is 6.08. The monoisotopic (exact) mass is 283 g/mol. The van der Waals surface area contributed by atoms with Crippen molar-refractivity contribution >= 4 is 22.1 Å². The van der Waals surface area contributed by atoms with Gasteiger partial charge in [-0.25, -0.2) is 8.78 Å². The lowest BCUT2D eigenvalue weighted by Gasteiger charge is -2.01. The SMILES string of the molecule is O=C(Cc1cccc(F)c1F)c1ccc([N+](=O)[O-])s1. The Labute approximate surface area is 110 Å². The van der Waals surface area contributed by atoms with Crippen molar-refractivity contribution in [3.63, 3.8) is 0 Å². The maximum Gasteiger partial charge on any atom is 0.324 e. The van der Waals surface area contributed by atoms with Gasteiger partial charge in [-0.2, -0.15) is 0 Å². The zero-order chi connectivity index (χ0) is 14.0. The molecule has 98 valence electrons. The third-order valence-electron chi connectivity index (χ3n) is 2.43. The molecule has 0 bridgehead atoms. The Kier molecular flexibility index (Phi) is 3.66. The molecular weight excluding hydrogens is 276 g/mol. The Morgan fingerprint density at radius 1 is 1.26 bits per heavy atom. The lowest BCUT2D eigenvalue weighted by atomic mass is 10.1. The van der Waals surface area contributed by atoms with E-state index in [0.29, 0.717) is 11.3 Å². The van der Waals surface area contributed by atoms with E-state index < -0.39 is 22.3 Å². The molecule has 19 heavy (non-hydrogen) atoms. The summed E-state index contributed by atoms with van der Waals surface area (Å²) in [5.41, 5.74) is -0.0685. The highest BCUT2D eigenvalue weighted by atomic mass is 32.1. The second kappa shape index (κ2) is 5.23. The van der Waals surface area contributed by atoms with Gasteiger partial charge in [0.05, 0.1) is 9.80 Å². The number of nitrogens with zero attached hydrogens (tertiary/aromatic N) is 1. The third kappa shape index (κ3) is 2.82. The minimum Gasteiger partial charge on any atom is -0.293 e. The maximum atomic E-state index is 13.4. The number of thiophene rings is 1. The van der Waals surface area contributed by atoms with Gasteiger partial charge in [-0.05, 0) is 17.7 Å². The highest BCUT2D eigenvalue weighted by Gasteiger charge is 2.17. The summed E-state index contributed by atoms with van der Waals surface area (Å²) < 4.78 is 26.3. The first-order valence-corrected chi connectivity index (χ1v) is 6.01. The van der Waals surface area contributed by atoms with Crippen LogP contribution in [0, 0.1) is 21.7 Å². The van der Waals surface area contributed by atoms with E-state index in [9.17, 15) is 23.7 Å². The minimum absolute atomic E-state index is 0.0685. The second-order valence-corrected chi connectivity index (χ2v) is 4.77. The zero-order valence-corrected chi connectivity index (χ0v) is 10.2. The molecule has 0 N–H and O–H groups in total. The summed E-state index contributed by atoms with van der Waals surface area (Å²) in [5.74, 6) is -2.58. The van der Waals surface area contributed by atoms with Crippen LogP contribution in [-0.2, 0) is 6.42 Å². The number of nitro groups is 1. The molecule has 0 atom stereocenters. The topological polar surface area (TPSA) is 60.2 Å². The van der Waals surface area contributed by atoms with Gasteiger partial charge in [0.25, 0.3) is 0 Å². The fraction of sp³-hybridized carbons (Fsp3) is 0.0833. The first-order chi connectivity index (χ1) is 8.99. The van der Waals surface area contributed by atoms with Crippen LogP contribution in [0.5, 0.6) is 0 Å². The number of hydrogen-bond acceptors (Lipinski definition) is 4. The Bertz CT molecular complexity index is 654. The quantitative estimate of drug-likeness (QED) is 0.491. The van der Waals surface area contributed by atoms with Crippen LogP contribution in [-0.4, -0.2) is 10.7 Å². The Morgan fingerprint density at radius 2 is 2.00 bits per heavy atom. The summed E-state index contributed by atoms with van der Waals surface area (Å²) in [5, 5.41) is 10.3. The standard InChI is InChI=1S/C12H7F2NO3S/c13-8-3-1-2-7(12(8)14)6-9(16)10-4-5-11(19-10)15(17)18/h1-5H,6H2. The molecule has 0 aliphatic heterocycles. The molecule has 1 aromatic heterocycles. The first-order valence-electron chi connectivity index (χ1n) is 5.19. The summed E-state index contributed by atoms with van der Waals surface area (Å²) in [6.45, 7) is 0. The minimum atomic E-state index is -1.07. The number of Topliss-reactive ketones (excluding diaryl/α,β-unsaturated/α-hetero) is 1. The van der Waals surface area contributed by atoms with Crippen molar-refractivity contribution < 1.29 is 18.5 Å². The van der Waals surface area contributed by atoms with Gasteiger partial charge in [0, 0.05) is 12.5 Å². The molecule has 1 aromatic carbocycles. The fourth-order valence-corrected chi connectivity index (χ4v) is 2.28. The number of hydrogen-bond donors (Lipinski definition) is 0. The molecular formula is C12H7F2NO3S. The van der Waals surface area contributed by atoms with Gasteiger partial charge in [0.1, 0.15) is 0 Å². The van der Waals surface area contributed by atoms with Gasteiger partial charge < -0.3 is 0 Å². The van der Waals surface area contributed by atoms with Crippen LogP contribution in [0.1, 0.15) is 15.2 Å². The molecule has 7 heteroatoms. The Morgan fingerprint density at radius 3 is 2.63 bits per heavy atom. The van der Waals surface area contributed by atoms with E-state index in [4.69, 9.17) is 0 Å². The molecule has 0 saturated carbocycles. The number of rotatable bonds is 4. The summed E-state index contributed by atoms with van der Waals surface area (Å²) >= 11 is 0.714. The highest BCUT2D eigenvalue weighted by Crippen LogP contribution is 2.25. The zero-order valence-electron chi connectivity index (χ0n) is 9.43. The largest absolute Gasteiger partial charge is 0.324 e. The molecule has 0 fully saturated rings. The molecule has 0 aliphatic carbocycles. The number of carbonyl (C=O) groups is 1. The summed E-state index contributed by atoms with van der Waals surface area (Å²) in [6.07, 6.45) is -0.332. The Hall–Kier alpha value is -2.15. The van der Waals surface area contributed by atoms with Crippen LogP contribution in [0.3, 0.4) is 0 Å². The van der Waals surface area contributed by atoms with Crippen LogP contribution < -0.4 is 0 Å². The van der Waals surface area contributed by atoms with E-state index >= 15 is 0 Å². The van der Waals surface area contributed by atoms with Crippen LogP contribution in [0.15, 0.2) is 30.3 Å². The molecule has 4 nitrogen and oxygen atoms in total. The lowest BCUT2D eigenvalue weighted by molar-refractivity contribution is -0.380.